The number of phenols is 1. The molecule has 2 rings (SSSR count). The van der Waals surface area contributed by atoms with Gasteiger partial charge in [0, 0.05) is 18.2 Å². The Morgan fingerprint density at radius 3 is 2.38 bits per heavy atom. The molecule has 2 aromatic rings. The minimum atomic E-state index is -1.10. The van der Waals surface area contributed by atoms with Crippen molar-refractivity contribution in [2.45, 2.75) is 12.5 Å². The molecule has 1 atom stereocenters. The highest BCUT2D eigenvalue weighted by Gasteiger charge is 2.16. The SMILES string of the molecule is N#Cc1ccc(NC(=O)O[C@H](C/C=C/C(=O)O)c2ccc(O)cc2)cc1. The number of amides is 1. The van der Waals surface area contributed by atoms with Crippen LogP contribution in [0, 0.1) is 11.3 Å². The third-order valence-electron chi connectivity index (χ3n) is 3.39. The lowest BCUT2D eigenvalue weighted by atomic mass is 10.1. The maximum Gasteiger partial charge on any atom is 0.412 e. The van der Waals surface area contributed by atoms with Gasteiger partial charge in [-0.15, -0.1) is 0 Å². The van der Waals surface area contributed by atoms with Gasteiger partial charge in [-0.05, 0) is 42.0 Å². The second-order valence-corrected chi connectivity index (χ2v) is 5.28. The van der Waals surface area contributed by atoms with Crippen LogP contribution in [0.4, 0.5) is 10.5 Å². The Labute approximate surface area is 149 Å². The molecule has 3 N–H and O–H groups in total. The van der Waals surface area contributed by atoms with Gasteiger partial charge in [0.25, 0.3) is 0 Å². The van der Waals surface area contributed by atoms with Crippen molar-refractivity contribution in [2.24, 2.45) is 0 Å². The van der Waals surface area contributed by atoms with E-state index in [2.05, 4.69) is 5.32 Å². The van der Waals surface area contributed by atoms with Crippen molar-refractivity contribution in [2.75, 3.05) is 5.32 Å². The first-order valence-electron chi connectivity index (χ1n) is 7.64. The lowest BCUT2D eigenvalue weighted by Crippen LogP contribution is -2.17. The average Bonchev–Trinajstić information content (AvgIpc) is 2.62. The molecule has 0 unspecified atom stereocenters. The summed E-state index contributed by atoms with van der Waals surface area (Å²) < 4.78 is 5.38. The molecular weight excluding hydrogens is 336 g/mol. The molecule has 0 aliphatic carbocycles. The van der Waals surface area contributed by atoms with Gasteiger partial charge in [0.15, 0.2) is 0 Å². The normalized spacial score (nSPS) is 11.5. The molecular formula is C19H16N2O5. The second kappa shape index (κ2) is 8.89. The van der Waals surface area contributed by atoms with E-state index >= 15 is 0 Å². The highest BCUT2D eigenvalue weighted by atomic mass is 16.6. The van der Waals surface area contributed by atoms with Gasteiger partial charge < -0.3 is 14.9 Å². The molecule has 0 saturated carbocycles. The topological polar surface area (TPSA) is 120 Å². The first kappa shape index (κ1) is 18.5. The standard InChI is InChI=1S/C19H16N2O5/c20-12-13-4-8-15(9-5-13)21-19(25)26-17(2-1-3-18(23)24)14-6-10-16(22)11-7-14/h1,3-11,17,22H,2H2,(H,21,25)(H,23,24)/b3-1+/t17-/m1/s1. The van der Waals surface area contributed by atoms with Gasteiger partial charge in [0.2, 0.25) is 0 Å². The summed E-state index contributed by atoms with van der Waals surface area (Å²) in [4.78, 5) is 22.7. The highest BCUT2D eigenvalue weighted by Crippen LogP contribution is 2.24. The fourth-order valence-electron chi connectivity index (χ4n) is 2.14. The van der Waals surface area contributed by atoms with E-state index in [-0.39, 0.29) is 12.2 Å². The number of nitrogens with one attached hydrogen (secondary N) is 1. The molecule has 0 heterocycles. The van der Waals surface area contributed by atoms with E-state index in [4.69, 9.17) is 15.1 Å². The molecule has 0 bridgehead atoms. The number of benzene rings is 2. The van der Waals surface area contributed by atoms with E-state index in [1.165, 1.54) is 18.2 Å². The Morgan fingerprint density at radius 2 is 1.81 bits per heavy atom. The number of carbonyl (C=O) groups excluding carboxylic acids is 1. The molecule has 7 heteroatoms. The fraction of sp³-hybridized carbons (Fsp3) is 0.105. The zero-order valence-corrected chi connectivity index (χ0v) is 13.6. The second-order valence-electron chi connectivity index (χ2n) is 5.28. The Morgan fingerprint density at radius 1 is 1.15 bits per heavy atom. The first-order chi connectivity index (χ1) is 12.5. The number of carbonyl (C=O) groups is 2. The summed E-state index contributed by atoms with van der Waals surface area (Å²) in [6.07, 6.45) is 1.04. The third kappa shape index (κ3) is 5.69. The van der Waals surface area contributed by atoms with Crippen LogP contribution in [-0.2, 0) is 9.53 Å². The van der Waals surface area contributed by atoms with Gasteiger partial charge in [-0.2, -0.15) is 5.26 Å². The molecule has 0 aliphatic rings. The summed E-state index contributed by atoms with van der Waals surface area (Å²) in [5, 5.41) is 29.4. The third-order valence-corrected chi connectivity index (χ3v) is 3.39. The maximum absolute atomic E-state index is 12.1. The number of phenolic OH excluding ortho intramolecular Hbond substituents is 1. The molecule has 0 radical (unpaired) electrons. The van der Waals surface area contributed by atoms with E-state index in [0.717, 1.165) is 6.08 Å². The molecule has 0 aliphatic heterocycles. The number of anilines is 1. The predicted molar refractivity (Wildman–Crippen MR) is 93.5 cm³/mol. The summed E-state index contributed by atoms with van der Waals surface area (Å²) in [6.45, 7) is 0. The summed E-state index contributed by atoms with van der Waals surface area (Å²) in [7, 11) is 0. The minimum Gasteiger partial charge on any atom is -0.508 e. The monoisotopic (exact) mass is 352 g/mol. The summed E-state index contributed by atoms with van der Waals surface area (Å²) in [6, 6.07) is 14.3. The van der Waals surface area contributed by atoms with Crippen LogP contribution in [0.3, 0.4) is 0 Å². The van der Waals surface area contributed by atoms with Crippen LogP contribution in [0.25, 0.3) is 0 Å². The number of nitrogens with zero attached hydrogens (tertiary/aromatic N) is 1. The number of carboxylic acid groups (broad SMARTS) is 1. The first-order valence-corrected chi connectivity index (χ1v) is 7.64. The van der Waals surface area contributed by atoms with Crippen molar-refractivity contribution in [3.8, 4) is 11.8 Å². The van der Waals surface area contributed by atoms with Crippen LogP contribution >= 0.6 is 0 Å². The van der Waals surface area contributed by atoms with Gasteiger partial charge in [0.05, 0.1) is 11.6 Å². The van der Waals surface area contributed by atoms with Gasteiger partial charge in [-0.1, -0.05) is 18.2 Å². The molecule has 0 saturated heterocycles. The Kier molecular flexibility index (Phi) is 6.34. The van der Waals surface area contributed by atoms with Crippen LogP contribution < -0.4 is 5.32 Å². The molecule has 0 fully saturated rings. The number of rotatable bonds is 6. The average molecular weight is 352 g/mol. The lowest BCUT2D eigenvalue weighted by molar-refractivity contribution is -0.131. The number of hydrogen-bond donors (Lipinski definition) is 3. The highest BCUT2D eigenvalue weighted by molar-refractivity contribution is 5.84. The van der Waals surface area contributed by atoms with Gasteiger partial charge in [0.1, 0.15) is 11.9 Å². The quantitative estimate of drug-likeness (QED) is 0.684. The summed E-state index contributed by atoms with van der Waals surface area (Å²) >= 11 is 0. The van der Waals surface area contributed by atoms with Gasteiger partial charge in [-0.3, -0.25) is 5.32 Å². The zero-order valence-electron chi connectivity index (χ0n) is 13.6. The van der Waals surface area contributed by atoms with Crippen LogP contribution in [0.1, 0.15) is 23.7 Å². The Balaban J connectivity index is 2.08. The van der Waals surface area contributed by atoms with Gasteiger partial charge in [-0.25, -0.2) is 9.59 Å². The molecule has 26 heavy (non-hydrogen) atoms. The number of aromatic hydroxyl groups is 1. The van der Waals surface area contributed by atoms with Crippen LogP contribution in [0.2, 0.25) is 0 Å². The van der Waals surface area contributed by atoms with Crippen LogP contribution in [0.5, 0.6) is 5.75 Å². The lowest BCUT2D eigenvalue weighted by Gasteiger charge is -2.17. The van der Waals surface area contributed by atoms with E-state index in [9.17, 15) is 14.7 Å². The number of aliphatic carboxylic acids is 1. The molecule has 7 nitrogen and oxygen atoms in total. The van der Waals surface area contributed by atoms with E-state index in [0.29, 0.717) is 16.8 Å². The molecule has 0 aromatic heterocycles. The van der Waals surface area contributed by atoms with Crippen molar-refractivity contribution in [1.82, 2.24) is 0 Å². The van der Waals surface area contributed by atoms with Crippen molar-refractivity contribution in [3.63, 3.8) is 0 Å². The van der Waals surface area contributed by atoms with E-state index in [1.807, 2.05) is 6.07 Å². The smallest absolute Gasteiger partial charge is 0.412 e. The number of ether oxygens (including phenoxy) is 1. The van der Waals surface area contributed by atoms with Crippen molar-refractivity contribution >= 4 is 17.7 Å². The molecule has 2 aromatic carbocycles. The molecule has 0 spiro atoms. The summed E-state index contributed by atoms with van der Waals surface area (Å²) in [5.41, 5.74) is 1.53. The van der Waals surface area contributed by atoms with Gasteiger partial charge >= 0.3 is 12.1 Å². The molecule has 1 amide bonds. The van der Waals surface area contributed by atoms with E-state index in [1.54, 1.807) is 36.4 Å². The fourth-order valence-corrected chi connectivity index (χ4v) is 2.14. The number of carboxylic acids is 1. The van der Waals surface area contributed by atoms with Crippen molar-refractivity contribution < 1.29 is 24.5 Å². The van der Waals surface area contributed by atoms with Crippen LogP contribution in [-0.4, -0.2) is 22.3 Å². The number of nitriles is 1. The van der Waals surface area contributed by atoms with Crippen molar-refractivity contribution in [1.29, 1.82) is 5.26 Å². The summed E-state index contributed by atoms with van der Waals surface area (Å²) in [5.74, 6) is -1.04. The minimum absolute atomic E-state index is 0.0654. The Bertz CT molecular complexity index is 836. The van der Waals surface area contributed by atoms with Crippen LogP contribution in [0.15, 0.2) is 60.7 Å². The number of hydrogen-bond acceptors (Lipinski definition) is 5. The largest absolute Gasteiger partial charge is 0.508 e. The Hall–Kier alpha value is -3.79. The van der Waals surface area contributed by atoms with Crippen molar-refractivity contribution in [3.05, 3.63) is 71.8 Å². The zero-order chi connectivity index (χ0) is 18.9. The maximum atomic E-state index is 12.1. The predicted octanol–water partition coefficient (Wildman–Crippen LogP) is 3.58. The van der Waals surface area contributed by atoms with E-state index < -0.39 is 18.2 Å². The molecule has 132 valence electrons.